The number of fused-ring (bicyclic) bond motifs is 1. The van der Waals surface area contributed by atoms with Gasteiger partial charge >= 0.3 is 5.69 Å². The molecule has 1 N–H and O–H groups in total. The molecule has 1 fully saturated rings. The summed E-state index contributed by atoms with van der Waals surface area (Å²) in [7, 11) is 1.56. The van der Waals surface area contributed by atoms with Crippen molar-refractivity contribution in [3.63, 3.8) is 0 Å². The van der Waals surface area contributed by atoms with Crippen LogP contribution in [0.2, 0.25) is 0 Å². The zero-order valence-electron chi connectivity index (χ0n) is 18.7. The Bertz CT molecular complexity index is 1520. The number of aromatic nitrogens is 4. The molecule has 1 aliphatic heterocycles. The SMILES string of the molecule is Cn1c(=O)[nH]c(=O)c2c1nc(N1CCC(c3ccc(C#N)cc3)CC1)n2Cc1ccccc1F. The van der Waals surface area contributed by atoms with E-state index < -0.39 is 11.2 Å². The number of aromatic amines is 1. The number of piperidine rings is 1. The van der Waals surface area contributed by atoms with Crippen LogP contribution in [0.4, 0.5) is 10.3 Å². The van der Waals surface area contributed by atoms with E-state index in [1.165, 1.54) is 16.2 Å². The molecule has 34 heavy (non-hydrogen) atoms. The molecule has 0 saturated carbocycles. The second-order valence-corrected chi connectivity index (χ2v) is 8.57. The summed E-state index contributed by atoms with van der Waals surface area (Å²) in [4.78, 5) is 34.0. The minimum atomic E-state index is -0.542. The molecule has 9 heteroatoms. The first kappa shape index (κ1) is 21.6. The number of nitrogens with one attached hydrogen (secondary N) is 1. The van der Waals surface area contributed by atoms with Crippen molar-refractivity contribution in [3.05, 3.63) is 91.9 Å². The minimum Gasteiger partial charge on any atom is -0.342 e. The van der Waals surface area contributed by atoms with E-state index in [1.54, 1.807) is 29.8 Å². The van der Waals surface area contributed by atoms with Crippen LogP contribution < -0.4 is 16.1 Å². The molecule has 0 bridgehead atoms. The van der Waals surface area contributed by atoms with Gasteiger partial charge in [0.2, 0.25) is 5.95 Å². The van der Waals surface area contributed by atoms with E-state index in [4.69, 9.17) is 5.26 Å². The Balaban J connectivity index is 1.51. The van der Waals surface area contributed by atoms with Crippen molar-refractivity contribution in [2.75, 3.05) is 18.0 Å². The van der Waals surface area contributed by atoms with E-state index in [2.05, 4.69) is 20.9 Å². The zero-order chi connectivity index (χ0) is 23.8. The fourth-order valence-corrected chi connectivity index (χ4v) is 4.65. The summed E-state index contributed by atoms with van der Waals surface area (Å²) in [6.07, 6.45) is 1.73. The lowest BCUT2D eigenvalue weighted by Crippen LogP contribution is -2.35. The number of nitrogens with zero attached hydrogens (tertiary/aromatic N) is 5. The average molecular weight is 458 g/mol. The number of benzene rings is 2. The number of anilines is 1. The summed E-state index contributed by atoms with van der Waals surface area (Å²) in [5.74, 6) is 0.528. The Morgan fingerprint density at radius 1 is 1.12 bits per heavy atom. The van der Waals surface area contributed by atoms with Gasteiger partial charge in [-0.25, -0.2) is 9.18 Å². The molecule has 172 valence electrons. The number of rotatable bonds is 4. The standard InChI is InChI=1S/C25H23FN6O2/c1-30-22-21(23(33)29-25(30)34)32(15-19-4-2-3-5-20(19)26)24(28-22)31-12-10-18(11-13-31)17-8-6-16(14-27)7-9-17/h2-9,18H,10-13,15H2,1H3,(H,29,33,34). The molecule has 3 heterocycles. The lowest BCUT2D eigenvalue weighted by molar-refractivity contribution is 0.494. The van der Waals surface area contributed by atoms with E-state index in [-0.39, 0.29) is 23.5 Å². The van der Waals surface area contributed by atoms with E-state index >= 15 is 0 Å². The minimum absolute atomic E-state index is 0.120. The smallest absolute Gasteiger partial charge is 0.329 e. The lowest BCUT2D eigenvalue weighted by Gasteiger charge is -2.33. The van der Waals surface area contributed by atoms with Crippen LogP contribution in [0.15, 0.2) is 58.1 Å². The first-order valence-corrected chi connectivity index (χ1v) is 11.1. The molecular weight excluding hydrogens is 435 g/mol. The Kier molecular flexibility index (Phi) is 5.49. The molecule has 0 atom stereocenters. The third kappa shape index (κ3) is 3.77. The van der Waals surface area contributed by atoms with Gasteiger partial charge in [0.15, 0.2) is 11.2 Å². The molecule has 0 aliphatic carbocycles. The van der Waals surface area contributed by atoms with Crippen LogP contribution in [0.3, 0.4) is 0 Å². The maximum atomic E-state index is 14.5. The van der Waals surface area contributed by atoms with Crippen LogP contribution in [0.25, 0.3) is 11.2 Å². The number of H-pyrrole nitrogens is 1. The molecule has 1 saturated heterocycles. The largest absolute Gasteiger partial charge is 0.342 e. The molecule has 2 aromatic carbocycles. The first-order valence-electron chi connectivity index (χ1n) is 11.1. The molecule has 8 nitrogen and oxygen atoms in total. The van der Waals surface area contributed by atoms with E-state index in [0.717, 1.165) is 12.8 Å². The molecule has 4 aromatic rings. The monoisotopic (exact) mass is 458 g/mol. The summed E-state index contributed by atoms with van der Waals surface area (Å²) in [6, 6.07) is 16.3. The molecule has 0 radical (unpaired) electrons. The first-order chi connectivity index (χ1) is 16.5. The number of hydrogen-bond donors (Lipinski definition) is 1. The summed E-state index contributed by atoms with van der Waals surface area (Å²) < 4.78 is 17.5. The van der Waals surface area contributed by atoms with Gasteiger partial charge in [0.1, 0.15) is 5.82 Å². The van der Waals surface area contributed by atoms with Crippen LogP contribution in [0.1, 0.15) is 35.4 Å². The van der Waals surface area contributed by atoms with Crippen molar-refractivity contribution in [1.82, 2.24) is 19.1 Å². The van der Waals surface area contributed by atoms with E-state index in [1.807, 2.05) is 24.3 Å². The summed E-state index contributed by atoms with van der Waals surface area (Å²) in [5.41, 5.74) is 1.70. The number of hydrogen-bond acceptors (Lipinski definition) is 5. The third-order valence-electron chi connectivity index (χ3n) is 6.56. The molecule has 5 rings (SSSR count). The van der Waals surface area contributed by atoms with Gasteiger partial charge in [-0.2, -0.15) is 10.2 Å². The Morgan fingerprint density at radius 3 is 2.50 bits per heavy atom. The van der Waals surface area contributed by atoms with Crippen molar-refractivity contribution in [2.45, 2.75) is 25.3 Å². The van der Waals surface area contributed by atoms with Crippen molar-refractivity contribution in [2.24, 2.45) is 7.05 Å². The van der Waals surface area contributed by atoms with Gasteiger partial charge in [0.25, 0.3) is 5.56 Å². The molecule has 1 aliphatic rings. The predicted molar refractivity (Wildman–Crippen MR) is 126 cm³/mol. The van der Waals surface area contributed by atoms with Crippen molar-refractivity contribution in [1.29, 1.82) is 5.26 Å². The maximum Gasteiger partial charge on any atom is 0.329 e. The van der Waals surface area contributed by atoms with Crippen LogP contribution in [-0.2, 0) is 13.6 Å². The topological polar surface area (TPSA) is 99.7 Å². The quantitative estimate of drug-likeness (QED) is 0.507. The van der Waals surface area contributed by atoms with E-state index in [9.17, 15) is 14.0 Å². The van der Waals surface area contributed by atoms with E-state index in [0.29, 0.717) is 36.1 Å². The van der Waals surface area contributed by atoms with Gasteiger partial charge in [-0.1, -0.05) is 30.3 Å². The zero-order valence-corrected chi connectivity index (χ0v) is 18.7. The van der Waals surface area contributed by atoms with Crippen LogP contribution in [0, 0.1) is 17.1 Å². The van der Waals surface area contributed by atoms with Gasteiger partial charge in [-0.05, 0) is 42.5 Å². The van der Waals surface area contributed by atoms with Gasteiger partial charge in [0, 0.05) is 25.7 Å². The Morgan fingerprint density at radius 2 is 1.82 bits per heavy atom. The number of halogens is 1. The molecular formula is C25H23FN6O2. The highest BCUT2D eigenvalue weighted by molar-refractivity contribution is 5.74. The van der Waals surface area contributed by atoms with Crippen molar-refractivity contribution >= 4 is 17.1 Å². The van der Waals surface area contributed by atoms with Gasteiger partial charge < -0.3 is 4.90 Å². The second kappa shape index (κ2) is 8.63. The lowest BCUT2D eigenvalue weighted by atomic mass is 9.89. The number of aryl methyl sites for hydroxylation is 1. The number of imidazole rings is 1. The predicted octanol–water partition coefficient (Wildman–Crippen LogP) is 2.87. The molecule has 0 spiro atoms. The fourth-order valence-electron chi connectivity index (χ4n) is 4.65. The van der Waals surface area contributed by atoms with Gasteiger partial charge in [-0.15, -0.1) is 0 Å². The summed E-state index contributed by atoms with van der Waals surface area (Å²) in [5, 5.41) is 9.03. The van der Waals surface area contributed by atoms with Crippen LogP contribution in [-0.4, -0.2) is 32.2 Å². The highest BCUT2D eigenvalue weighted by atomic mass is 19.1. The normalized spacial score (nSPS) is 14.4. The highest BCUT2D eigenvalue weighted by Crippen LogP contribution is 2.31. The Hall–Kier alpha value is -4.19. The summed E-state index contributed by atoms with van der Waals surface area (Å²) >= 11 is 0. The third-order valence-corrected chi connectivity index (χ3v) is 6.56. The molecule has 0 unspecified atom stereocenters. The number of nitriles is 1. The molecule has 2 aromatic heterocycles. The second-order valence-electron chi connectivity index (χ2n) is 8.57. The maximum absolute atomic E-state index is 14.5. The van der Waals surface area contributed by atoms with Gasteiger partial charge in [0.05, 0.1) is 18.2 Å². The van der Waals surface area contributed by atoms with Gasteiger partial charge in [-0.3, -0.25) is 18.9 Å². The Labute approximate surface area is 194 Å². The fraction of sp³-hybridized carbons (Fsp3) is 0.280. The van der Waals surface area contributed by atoms with Crippen molar-refractivity contribution in [3.8, 4) is 6.07 Å². The van der Waals surface area contributed by atoms with Crippen LogP contribution >= 0.6 is 0 Å². The summed E-state index contributed by atoms with van der Waals surface area (Å²) in [6.45, 7) is 1.50. The van der Waals surface area contributed by atoms with Crippen LogP contribution in [0.5, 0.6) is 0 Å². The average Bonchev–Trinajstić information content (AvgIpc) is 3.24. The highest BCUT2D eigenvalue weighted by Gasteiger charge is 2.27. The van der Waals surface area contributed by atoms with Crippen molar-refractivity contribution < 1.29 is 4.39 Å². The molecule has 0 amide bonds.